The number of ether oxygens (including phenoxy) is 3. The molecule has 3 aromatic rings. The van der Waals surface area contributed by atoms with E-state index in [0.29, 0.717) is 22.9 Å². The molecule has 0 atom stereocenters. The second kappa shape index (κ2) is 10.3. The number of carbonyl (C=O) groups excluding carboxylic acids is 1. The van der Waals surface area contributed by atoms with Gasteiger partial charge in [-0.1, -0.05) is 17.7 Å². The minimum absolute atomic E-state index is 0.0297. The molecule has 0 fully saturated rings. The lowest BCUT2D eigenvalue weighted by Gasteiger charge is -2.24. The number of anilines is 2. The third-order valence-corrected chi connectivity index (χ3v) is 6.70. The normalized spacial score (nSPS) is 10.9. The van der Waals surface area contributed by atoms with Crippen molar-refractivity contribution in [2.24, 2.45) is 0 Å². The first-order valence-corrected chi connectivity index (χ1v) is 11.5. The molecular formula is C24H26N2O6S. The van der Waals surface area contributed by atoms with Gasteiger partial charge in [0.2, 0.25) is 5.91 Å². The lowest BCUT2D eigenvalue weighted by atomic mass is 10.2. The van der Waals surface area contributed by atoms with E-state index in [0.717, 1.165) is 9.87 Å². The Balaban J connectivity index is 1.95. The first kappa shape index (κ1) is 23.9. The van der Waals surface area contributed by atoms with Crippen LogP contribution >= 0.6 is 0 Å². The highest BCUT2D eigenvalue weighted by Gasteiger charge is 2.28. The summed E-state index contributed by atoms with van der Waals surface area (Å²) >= 11 is 0. The number of carbonyl (C=O) groups is 1. The van der Waals surface area contributed by atoms with Crippen molar-refractivity contribution in [2.45, 2.75) is 11.8 Å². The Kier molecular flexibility index (Phi) is 7.44. The molecule has 1 amide bonds. The minimum Gasteiger partial charge on any atom is -0.497 e. The summed E-state index contributed by atoms with van der Waals surface area (Å²) in [6.07, 6.45) is 0. The number of amides is 1. The zero-order valence-corrected chi connectivity index (χ0v) is 19.7. The highest BCUT2D eigenvalue weighted by atomic mass is 32.2. The van der Waals surface area contributed by atoms with Crippen LogP contribution in [-0.4, -0.2) is 42.2 Å². The van der Waals surface area contributed by atoms with Crippen LogP contribution in [-0.2, 0) is 14.8 Å². The van der Waals surface area contributed by atoms with Gasteiger partial charge in [-0.3, -0.25) is 9.10 Å². The molecular weight excluding hydrogens is 444 g/mol. The lowest BCUT2D eigenvalue weighted by Crippen LogP contribution is -2.38. The first-order valence-electron chi connectivity index (χ1n) is 10.0. The molecule has 0 saturated carbocycles. The fraction of sp³-hybridized carbons (Fsp3) is 0.208. The number of nitrogens with zero attached hydrogens (tertiary/aromatic N) is 1. The van der Waals surface area contributed by atoms with Crippen molar-refractivity contribution in [3.8, 4) is 17.2 Å². The minimum atomic E-state index is -4.11. The molecule has 0 heterocycles. The van der Waals surface area contributed by atoms with E-state index in [1.165, 1.54) is 32.4 Å². The van der Waals surface area contributed by atoms with E-state index in [2.05, 4.69) is 5.32 Å². The second-order valence-electron chi connectivity index (χ2n) is 7.14. The number of hydrogen-bond donors (Lipinski definition) is 1. The van der Waals surface area contributed by atoms with Crippen LogP contribution in [0, 0.1) is 6.92 Å². The largest absolute Gasteiger partial charge is 0.497 e. The Labute approximate surface area is 193 Å². The number of benzene rings is 3. The van der Waals surface area contributed by atoms with Gasteiger partial charge in [0.1, 0.15) is 12.3 Å². The van der Waals surface area contributed by atoms with Crippen LogP contribution in [0.2, 0.25) is 0 Å². The molecule has 3 rings (SSSR count). The van der Waals surface area contributed by atoms with E-state index in [1.807, 2.05) is 6.92 Å². The molecule has 1 N–H and O–H groups in total. The Bertz CT molecular complexity index is 1210. The topological polar surface area (TPSA) is 94.2 Å². The van der Waals surface area contributed by atoms with Crippen molar-refractivity contribution < 1.29 is 27.4 Å². The first-order chi connectivity index (χ1) is 15.8. The van der Waals surface area contributed by atoms with Crippen molar-refractivity contribution in [3.63, 3.8) is 0 Å². The van der Waals surface area contributed by atoms with Crippen molar-refractivity contribution in [2.75, 3.05) is 37.5 Å². The van der Waals surface area contributed by atoms with Gasteiger partial charge >= 0.3 is 0 Å². The standard InChI is InChI=1S/C24H26N2O6S/c1-17-5-9-19(10-6-17)26(16-24(27)25-18-7-11-20(30-2)12-8-18)33(28,29)21-13-14-22(31-3)23(15-21)32-4/h5-15H,16H2,1-4H3,(H,25,27). The van der Waals surface area contributed by atoms with Crippen LogP contribution in [0.25, 0.3) is 0 Å². The average molecular weight is 471 g/mol. The van der Waals surface area contributed by atoms with Crippen molar-refractivity contribution in [1.29, 1.82) is 0 Å². The molecule has 0 bridgehead atoms. The maximum Gasteiger partial charge on any atom is 0.264 e. The predicted molar refractivity (Wildman–Crippen MR) is 127 cm³/mol. The number of rotatable bonds is 9. The molecule has 9 heteroatoms. The Morgan fingerprint density at radius 1 is 0.848 bits per heavy atom. The smallest absolute Gasteiger partial charge is 0.264 e. The van der Waals surface area contributed by atoms with E-state index in [9.17, 15) is 13.2 Å². The fourth-order valence-electron chi connectivity index (χ4n) is 3.14. The molecule has 174 valence electrons. The predicted octanol–water partition coefficient (Wildman–Crippen LogP) is 3.85. The fourth-order valence-corrected chi connectivity index (χ4v) is 4.57. The molecule has 0 unspecified atom stereocenters. The van der Waals surface area contributed by atoms with Gasteiger partial charge in [0.25, 0.3) is 10.0 Å². The third kappa shape index (κ3) is 5.56. The van der Waals surface area contributed by atoms with Gasteiger partial charge in [0.15, 0.2) is 11.5 Å². The number of nitrogens with one attached hydrogen (secondary N) is 1. The highest BCUT2D eigenvalue weighted by Crippen LogP contribution is 2.32. The zero-order chi connectivity index (χ0) is 24.0. The van der Waals surface area contributed by atoms with E-state index >= 15 is 0 Å². The molecule has 0 aliphatic carbocycles. The van der Waals surface area contributed by atoms with Gasteiger partial charge in [-0.25, -0.2) is 8.42 Å². The summed E-state index contributed by atoms with van der Waals surface area (Å²) < 4.78 is 43.8. The molecule has 0 aliphatic heterocycles. The van der Waals surface area contributed by atoms with E-state index in [-0.39, 0.29) is 10.6 Å². The van der Waals surface area contributed by atoms with Gasteiger partial charge in [0, 0.05) is 11.8 Å². The van der Waals surface area contributed by atoms with E-state index < -0.39 is 22.5 Å². The van der Waals surface area contributed by atoms with Gasteiger partial charge < -0.3 is 19.5 Å². The second-order valence-corrected chi connectivity index (χ2v) is 9.00. The zero-order valence-electron chi connectivity index (χ0n) is 18.9. The Hall–Kier alpha value is -3.72. The van der Waals surface area contributed by atoms with Gasteiger partial charge in [-0.15, -0.1) is 0 Å². The number of hydrogen-bond acceptors (Lipinski definition) is 6. The summed E-state index contributed by atoms with van der Waals surface area (Å²) in [5.41, 5.74) is 1.85. The van der Waals surface area contributed by atoms with Gasteiger partial charge in [0.05, 0.1) is 31.9 Å². The molecule has 0 radical (unpaired) electrons. The van der Waals surface area contributed by atoms with Crippen LogP contribution in [0.15, 0.2) is 71.6 Å². The van der Waals surface area contributed by atoms with E-state index in [4.69, 9.17) is 14.2 Å². The quantitative estimate of drug-likeness (QED) is 0.511. The summed E-state index contributed by atoms with van der Waals surface area (Å²) in [4.78, 5) is 12.8. The molecule has 0 aliphatic rings. The van der Waals surface area contributed by atoms with Gasteiger partial charge in [-0.2, -0.15) is 0 Å². The molecule has 0 saturated heterocycles. The summed E-state index contributed by atoms with van der Waals surface area (Å²) in [5, 5.41) is 2.72. The molecule has 8 nitrogen and oxygen atoms in total. The summed E-state index contributed by atoms with van der Waals surface area (Å²) in [7, 11) is 0.333. The monoisotopic (exact) mass is 470 g/mol. The summed E-state index contributed by atoms with van der Waals surface area (Å²) in [6.45, 7) is 1.47. The van der Waals surface area contributed by atoms with Crippen LogP contribution in [0.3, 0.4) is 0 Å². The number of sulfonamides is 1. The molecule has 3 aromatic carbocycles. The number of aryl methyl sites for hydroxylation is 1. The Morgan fingerprint density at radius 3 is 2.06 bits per heavy atom. The van der Waals surface area contributed by atoms with Crippen LogP contribution in [0.1, 0.15) is 5.56 Å². The highest BCUT2D eigenvalue weighted by molar-refractivity contribution is 7.92. The maximum atomic E-state index is 13.6. The average Bonchev–Trinajstić information content (AvgIpc) is 2.83. The summed E-state index contributed by atoms with van der Waals surface area (Å²) in [5.74, 6) is 0.816. The van der Waals surface area contributed by atoms with E-state index in [1.54, 1.807) is 55.6 Å². The molecule has 0 aromatic heterocycles. The lowest BCUT2D eigenvalue weighted by molar-refractivity contribution is -0.114. The van der Waals surface area contributed by atoms with Crippen LogP contribution in [0.4, 0.5) is 11.4 Å². The van der Waals surface area contributed by atoms with Crippen molar-refractivity contribution in [3.05, 3.63) is 72.3 Å². The molecule has 0 spiro atoms. The molecule has 33 heavy (non-hydrogen) atoms. The SMILES string of the molecule is COc1ccc(NC(=O)CN(c2ccc(C)cc2)S(=O)(=O)c2ccc(OC)c(OC)c2)cc1. The van der Waals surface area contributed by atoms with Crippen molar-refractivity contribution in [1.82, 2.24) is 0 Å². The van der Waals surface area contributed by atoms with Crippen LogP contribution < -0.4 is 23.8 Å². The van der Waals surface area contributed by atoms with Crippen LogP contribution in [0.5, 0.6) is 17.2 Å². The Morgan fingerprint density at radius 2 is 1.48 bits per heavy atom. The number of methoxy groups -OCH3 is 3. The maximum absolute atomic E-state index is 13.6. The summed E-state index contributed by atoms with van der Waals surface area (Å²) in [6, 6.07) is 17.9. The third-order valence-electron chi connectivity index (χ3n) is 4.93. The van der Waals surface area contributed by atoms with Gasteiger partial charge in [-0.05, 0) is 55.5 Å². The van der Waals surface area contributed by atoms with Crippen molar-refractivity contribution >= 4 is 27.3 Å².